The number of carboxylic acids is 1. The first-order chi connectivity index (χ1) is 37.8. The number of nitrogens with zero attached hydrogens (tertiary/aromatic N) is 2. The first kappa shape index (κ1) is 97.8. The minimum atomic E-state index is -4.02. The Bertz CT molecular complexity index is 2990. The van der Waals surface area contributed by atoms with E-state index in [1.807, 2.05) is 6.92 Å². The molecular weight excluding hydrogens is 1640 g/mol. The van der Waals surface area contributed by atoms with Crippen molar-refractivity contribution in [3.05, 3.63) is 187 Å². The largest absolute Gasteiger partial charge is 1.00 e. The number of aliphatic hydroxyl groups excluding tert-OH is 1. The van der Waals surface area contributed by atoms with E-state index in [9.17, 15) is 52.6 Å². The summed E-state index contributed by atoms with van der Waals surface area (Å²) in [5.41, 5.74) is 13.2. The summed E-state index contributed by atoms with van der Waals surface area (Å²) >= 11 is 19.6. The Labute approximate surface area is 584 Å². The number of carbonyl (C=O) groups excluding carboxylic acids is 4. The van der Waals surface area contributed by atoms with Gasteiger partial charge in [-0.25, -0.2) is 24.0 Å². The van der Waals surface area contributed by atoms with Gasteiger partial charge in [-0.05, 0) is 85.8 Å². The van der Waals surface area contributed by atoms with Gasteiger partial charge in [-0.15, -0.1) is 0 Å². The van der Waals surface area contributed by atoms with Crippen LogP contribution in [0.2, 0.25) is 0 Å². The maximum Gasteiger partial charge on any atom is 1.00 e. The average molecular weight is 1700 g/mol. The average Bonchev–Trinajstić information content (AvgIpc) is 3.40. The summed E-state index contributed by atoms with van der Waals surface area (Å²) in [6, 6.07) is 26.9. The number of carbonyl (C=O) groups is 5. The number of hydrogen-bond donors (Lipinski definition) is 7. The van der Waals surface area contributed by atoms with Crippen LogP contribution in [-0.4, -0.2) is 123 Å². The zero-order valence-electron chi connectivity index (χ0n) is 45.1. The van der Waals surface area contributed by atoms with Gasteiger partial charge >= 0.3 is 121 Å². The number of nitro benzene ring substituents is 2. The van der Waals surface area contributed by atoms with E-state index in [4.69, 9.17) is 56.8 Å². The van der Waals surface area contributed by atoms with Crippen molar-refractivity contribution in [2.75, 3.05) is 47.0 Å². The van der Waals surface area contributed by atoms with E-state index in [0.717, 1.165) is 29.3 Å². The molecule has 0 aliphatic carbocycles. The van der Waals surface area contributed by atoms with Crippen molar-refractivity contribution in [2.45, 2.75) is 26.7 Å². The summed E-state index contributed by atoms with van der Waals surface area (Å²) in [6.45, 7) is 1.84. The SMILES string of the molecule is C.C.CO.COC(=O)c1cc(Br)cc([N+](=O)[O-])c1.COC(=O)c1cc(N)cc(Br)c1.COC(=O)c1cc(N)cc([N+](=O)[O-])c1.COC(=O)c1cc(O)cc(Br)c1.Cc1ccc(S(=O)(=O)O)cc1.O.O=C(O)c1cc(O)cc(Br)c1.[B].[Cl][Ni][Cl].[Cu][Br].[H-].[Na+]. The van der Waals surface area contributed by atoms with Crippen LogP contribution >= 0.6 is 98.2 Å². The smallest absolute Gasteiger partial charge is 1.00 e. The number of nitro groups is 2. The third kappa shape index (κ3) is 42.4. The number of esters is 4. The Morgan fingerprint density at radius 3 is 1.14 bits per heavy atom. The van der Waals surface area contributed by atoms with Crippen molar-refractivity contribution in [3.63, 3.8) is 0 Å². The van der Waals surface area contributed by atoms with Crippen LogP contribution in [0.25, 0.3) is 0 Å². The molecule has 0 saturated heterocycles. The zero-order chi connectivity index (χ0) is 63.3. The van der Waals surface area contributed by atoms with Gasteiger partial charge in [0, 0.05) is 69.1 Å². The second kappa shape index (κ2) is 53.6. The number of rotatable bonds is 8. The molecule has 3 radical (unpaired) electrons. The van der Waals surface area contributed by atoms with Crippen molar-refractivity contribution >= 4 is 169 Å². The maximum atomic E-state index is 11.1. The van der Waals surface area contributed by atoms with E-state index >= 15 is 0 Å². The van der Waals surface area contributed by atoms with Gasteiger partial charge in [-0.2, -0.15) is 8.42 Å². The fourth-order valence-electron chi connectivity index (χ4n) is 4.96. The summed E-state index contributed by atoms with van der Waals surface area (Å²) in [4.78, 5) is 74.1. The first-order valence-electron chi connectivity index (χ1n) is 20.4. The molecule has 37 heteroatoms. The van der Waals surface area contributed by atoms with E-state index < -0.39 is 43.8 Å². The third-order valence-electron chi connectivity index (χ3n) is 8.18. The van der Waals surface area contributed by atoms with Crippen LogP contribution in [0.3, 0.4) is 0 Å². The van der Waals surface area contributed by atoms with Gasteiger partial charge in [0.25, 0.3) is 21.5 Å². The number of aromatic carboxylic acids is 1. The maximum absolute atomic E-state index is 11.1. The van der Waals surface area contributed by atoms with E-state index in [1.54, 1.807) is 36.4 Å². The normalized spacial score (nSPS) is 8.85. The van der Waals surface area contributed by atoms with Gasteiger partial charge in [-0.3, -0.25) is 24.8 Å². The number of carboxylic acid groups (broad SMARTS) is 1. The molecule has 25 nitrogen and oxygen atoms in total. The molecule has 0 amide bonds. The molecule has 86 heavy (non-hydrogen) atoms. The molecule has 11 N–H and O–H groups in total. The van der Waals surface area contributed by atoms with E-state index in [-0.39, 0.29) is 116 Å². The number of nitrogen functional groups attached to an aromatic ring is 2. The molecule has 6 rings (SSSR count). The van der Waals surface area contributed by atoms with E-state index in [1.165, 1.54) is 95.2 Å². The van der Waals surface area contributed by atoms with Gasteiger partial charge in [0.1, 0.15) is 11.5 Å². The summed E-state index contributed by atoms with van der Waals surface area (Å²) < 4.78 is 49.8. The fourth-order valence-corrected chi connectivity index (χ4v) is 7.39. The van der Waals surface area contributed by atoms with Crippen LogP contribution in [0, 0.1) is 27.2 Å². The molecule has 0 aliphatic heterocycles. The topological polar surface area (TPSA) is 427 Å². The number of non-ortho nitro benzene ring substituents is 2. The molecule has 0 heterocycles. The van der Waals surface area contributed by atoms with Gasteiger partial charge in [0.05, 0.1) is 71.0 Å². The predicted molar refractivity (Wildman–Crippen MR) is 335 cm³/mol. The molecule has 0 aromatic heterocycles. The molecule has 0 bridgehead atoms. The van der Waals surface area contributed by atoms with Crippen molar-refractivity contribution in [3.8, 4) is 11.5 Å². The van der Waals surface area contributed by atoms with Crippen LogP contribution in [0.1, 0.15) is 73.6 Å². The standard InChI is InChI=1S/C8H6BrNO4.C8H8BrNO2.C8H7BrO3.C8H8N2O4.C7H5BrO3.C7H8O3S.CH4O.2CH4.B.BrH.2ClH.Cu.Na.Ni.H2O.H/c1-14-8(11)5-2-6(9)4-7(3-5)10(12)13;2*1-12-8(11)5-2-6(9)4-7(10)3-5;1-14-8(11)5-2-6(9)4-7(3-5)10(12)13;8-5-1-4(7(10)11)2-6(9)3-5;1-6-2-4-7(5-3-6)11(8,9)10;1-2;;;;;;;;;;;/h2-4H,1H3;2-4H,10H2,1H3;2-4,10H,1H3;2-4H,9H2,1H3;1-3,9H,(H,10,11);2-5H,1H3,(H,8,9,10);2H,1H3;2*1H4;;3*1H;;;;1H2;/q;;;;;;;;;;;;;2*+1;+2;;-1/p-3. The second-order valence-corrected chi connectivity index (χ2v) is 20.5. The molecule has 0 atom stereocenters. The van der Waals surface area contributed by atoms with Crippen molar-refractivity contribution in [1.29, 1.82) is 0 Å². The number of phenolic OH excluding ortho intramolecular Hbond substituents is 2. The molecule has 479 valence electrons. The summed E-state index contributed by atoms with van der Waals surface area (Å²) in [6.07, 6.45) is 0. The fraction of sp³-hybridized carbons (Fsp3) is 0.163. The summed E-state index contributed by atoms with van der Waals surface area (Å²) in [5.74, 6) is -3.19. The quantitative estimate of drug-likeness (QED) is 0.0142. The molecule has 6 aromatic carbocycles. The van der Waals surface area contributed by atoms with Crippen LogP contribution in [0.5, 0.6) is 11.5 Å². The Morgan fingerprint density at radius 2 is 0.837 bits per heavy atom. The van der Waals surface area contributed by atoms with E-state index in [2.05, 4.69) is 111 Å². The van der Waals surface area contributed by atoms with Crippen LogP contribution in [0.4, 0.5) is 22.7 Å². The van der Waals surface area contributed by atoms with Gasteiger partial charge < -0.3 is 57.7 Å². The second-order valence-electron chi connectivity index (χ2n) is 13.8. The number of aliphatic hydroxyl groups is 1. The summed E-state index contributed by atoms with van der Waals surface area (Å²) in [5, 5.41) is 54.4. The van der Waals surface area contributed by atoms with Gasteiger partial charge in [-0.1, -0.05) is 96.3 Å². The zero-order valence-corrected chi connectivity index (χ0v) is 58.3. The molecule has 0 saturated carbocycles. The third-order valence-corrected chi connectivity index (χ3v) is 10.9. The number of hydrogen-bond acceptors (Lipinski definition) is 20. The van der Waals surface area contributed by atoms with E-state index in [0.29, 0.717) is 42.9 Å². The Kier molecular flexibility index (Phi) is 60.9. The minimum absolute atomic E-state index is 0. The Hall–Kier alpha value is -4.44. The number of anilines is 2. The molecule has 0 fully saturated rings. The first-order valence-corrected chi connectivity index (χ1v) is 30.1. The molecule has 0 aliphatic rings. The van der Waals surface area contributed by atoms with Crippen LogP contribution in [-0.2, 0) is 55.9 Å². The number of ether oxygens (including phenoxy) is 4. The van der Waals surface area contributed by atoms with Crippen molar-refractivity contribution in [2.24, 2.45) is 0 Å². The molecular formula is C49H57BBr5Cl2CuN4NaNiO21S. The number of nitrogens with two attached hydrogens (primary N) is 2. The van der Waals surface area contributed by atoms with Crippen LogP contribution in [0.15, 0.2) is 138 Å². The molecule has 6 aromatic rings. The minimum Gasteiger partial charge on any atom is -1.00 e. The van der Waals surface area contributed by atoms with Crippen LogP contribution < -0.4 is 41.0 Å². The Balaban J connectivity index is -0.000000116. The molecule has 0 unspecified atom stereocenters. The van der Waals surface area contributed by atoms with Gasteiger partial charge in [0.2, 0.25) is 0 Å². The van der Waals surface area contributed by atoms with Gasteiger partial charge in [0.15, 0.2) is 0 Å². The number of aryl methyl sites for hydroxylation is 1. The number of phenols is 2. The predicted octanol–water partition coefficient (Wildman–Crippen LogP) is 8.97. The Morgan fingerprint density at radius 1 is 0.570 bits per heavy atom. The number of halogens is 7. The number of methoxy groups -OCH3 is 4. The molecule has 0 spiro atoms. The van der Waals surface area contributed by atoms with Crippen molar-refractivity contribution < 1.29 is 149 Å². The summed E-state index contributed by atoms with van der Waals surface area (Å²) in [7, 11) is 11.4. The van der Waals surface area contributed by atoms with Crippen molar-refractivity contribution in [1.82, 2.24) is 0 Å². The monoisotopic (exact) mass is 1690 g/mol. The number of aromatic hydroxyl groups is 2. The number of benzene rings is 6.